The number of ether oxygens (including phenoxy) is 1. The molecule has 3 aromatic carbocycles. The Labute approximate surface area is 161 Å². The van der Waals surface area contributed by atoms with Crippen LogP contribution in [-0.2, 0) is 5.60 Å². The van der Waals surface area contributed by atoms with Gasteiger partial charge in [-0.3, -0.25) is 0 Å². The van der Waals surface area contributed by atoms with E-state index >= 15 is 0 Å². The molecule has 0 amide bonds. The minimum Gasteiger partial charge on any atom is -0.493 e. The number of benzene rings is 3. The lowest BCUT2D eigenvalue weighted by molar-refractivity contribution is -0.0153. The maximum Gasteiger partial charge on any atom is 0.122 e. The van der Waals surface area contributed by atoms with Crippen LogP contribution in [0.1, 0.15) is 11.1 Å². The highest BCUT2D eigenvalue weighted by molar-refractivity contribution is 5.37. The second-order valence-corrected chi connectivity index (χ2v) is 7.08. The Hall–Kier alpha value is -2.62. The second kappa shape index (κ2) is 8.85. The molecule has 3 aromatic rings. The maximum absolute atomic E-state index is 12.0. The minimum atomic E-state index is -1.15. The molecular weight excluding hydrogens is 334 g/mol. The third-order valence-electron chi connectivity index (χ3n) is 4.80. The molecule has 0 aliphatic rings. The molecule has 3 nitrogen and oxygen atoms in total. The van der Waals surface area contributed by atoms with Crippen molar-refractivity contribution in [3.8, 4) is 5.75 Å². The van der Waals surface area contributed by atoms with Crippen molar-refractivity contribution in [2.45, 2.75) is 5.60 Å². The van der Waals surface area contributed by atoms with Crippen LogP contribution in [0.15, 0.2) is 91.0 Å². The average Bonchev–Trinajstić information content (AvgIpc) is 2.72. The minimum absolute atomic E-state index is 0.155. The molecule has 3 heteroatoms. The fourth-order valence-corrected chi connectivity index (χ4v) is 3.48. The summed E-state index contributed by atoms with van der Waals surface area (Å²) in [6, 6.07) is 29.5. The second-order valence-electron chi connectivity index (χ2n) is 7.08. The van der Waals surface area contributed by atoms with Crippen molar-refractivity contribution >= 4 is 0 Å². The number of hydrogen-bond acceptors (Lipinski definition) is 3. The van der Waals surface area contributed by atoms with Crippen molar-refractivity contribution in [3.63, 3.8) is 0 Å². The van der Waals surface area contributed by atoms with Gasteiger partial charge in [0.1, 0.15) is 11.4 Å². The standard InChI is InChI=1S/C24H27NO2/c1-25(2)18-22(19-27-23-16-10-5-11-17-23)24(26,20-12-6-3-7-13-20)21-14-8-4-9-15-21/h3-17,22,26H,18-19H2,1-2H3. The van der Waals surface area contributed by atoms with Crippen LogP contribution < -0.4 is 4.74 Å². The van der Waals surface area contributed by atoms with Gasteiger partial charge in [-0.1, -0.05) is 78.9 Å². The van der Waals surface area contributed by atoms with Crippen molar-refractivity contribution < 1.29 is 9.84 Å². The van der Waals surface area contributed by atoms with Crippen LogP contribution in [0.2, 0.25) is 0 Å². The highest BCUT2D eigenvalue weighted by atomic mass is 16.5. The molecule has 0 aliphatic carbocycles. The Morgan fingerprint density at radius 3 is 1.67 bits per heavy atom. The van der Waals surface area contributed by atoms with E-state index in [1.165, 1.54) is 0 Å². The Morgan fingerprint density at radius 2 is 1.22 bits per heavy atom. The molecule has 1 N–H and O–H groups in total. The summed E-state index contributed by atoms with van der Waals surface area (Å²) >= 11 is 0. The lowest BCUT2D eigenvalue weighted by atomic mass is 9.76. The van der Waals surface area contributed by atoms with E-state index in [4.69, 9.17) is 4.74 Å². The highest BCUT2D eigenvalue weighted by Crippen LogP contribution is 2.37. The Balaban J connectivity index is 1.99. The van der Waals surface area contributed by atoms with Crippen molar-refractivity contribution in [1.29, 1.82) is 0 Å². The average molecular weight is 361 g/mol. The largest absolute Gasteiger partial charge is 0.493 e. The Kier molecular flexibility index (Phi) is 6.28. The van der Waals surface area contributed by atoms with Crippen molar-refractivity contribution in [1.82, 2.24) is 4.90 Å². The van der Waals surface area contributed by atoms with Gasteiger partial charge in [-0.15, -0.1) is 0 Å². The fourth-order valence-electron chi connectivity index (χ4n) is 3.48. The zero-order valence-electron chi connectivity index (χ0n) is 16.0. The maximum atomic E-state index is 12.0. The summed E-state index contributed by atoms with van der Waals surface area (Å²) in [5, 5.41) is 12.0. The number of aliphatic hydroxyl groups is 1. The molecule has 0 aliphatic heterocycles. The van der Waals surface area contributed by atoms with Gasteiger partial charge >= 0.3 is 0 Å². The van der Waals surface area contributed by atoms with Gasteiger partial charge in [0.05, 0.1) is 6.61 Å². The van der Waals surface area contributed by atoms with Gasteiger partial charge in [0, 0.05) is 12.5 Å². The Morgan fingerprint density at radius 1 is 0.778 bits per heavy atom. The van der Waals surface area contributed by atoms with E-state index in [0.717, 1.165) is 16.9 Å². The first-order valence-electron chi connectivity index (χ1n) is 9.26. The van der Waals surface area contributed by atoms with Crippen LogP contribution in [0.3, 0.4) is 0 Å². The quantitative estimate of drug-likeness (QED) is 0.653. The van der Waals surface area contributed by atoms with Crippen LogP contribution >= 0.6 is 0 Å². The number of hydrogen-bond donors (Lipinski definition) is 1. The molecular formula is C24H27NO2. The predicted octanol–water partition coefficient (Wildman–Crippen LogP) is 4.18. The number of para-hydroxylation sites is 1. The van der Waals surface area contributed by atoms with Crippen LogP contribution in [0.4, 0.5) is 0 Å². The van der Waals surface area contributed by atoms with Gasteiger partial charge in [0.25, 0.3) is 0 Å². The molecule has 27 heavy (non-hydrogen) atoms. The van der Waals surface area contributed by atoms with E-state index < -0.39 is 5.60 Å². The van der Waals surface area contributed by atoms with E-state index in [-0.39, 0.29) is 5.92 Å². The van der Waals surface area contributed by atoms with Gasteiger partial charge in [-0.2, -0.15) is 0 Å². The van der Waals surface area contributed by atoms with Crippen LogP contribution in [-0.4, -0.2) is 37.3 Å². The van der Waals surface area contributed by atoms with Crippen LogP contribution in [0.25, 0.3) is 0 Å². The normalized spacial score (nSPS) is 12.7. The lowest BCUT2D eigenvalue weighted by Gasteiger charge is -2.38. The molecule has 0 saturated heterocycles. The van der Waals surface area contributed by atoms with E-state index in [2.05, 4.69) is 4.90 Å². The molecule has 0 bridgehead atoms. The third-order valence-corrected chi connectivity index (χ3v) is 4.80. The first-order valence-corrected chi connectivity index (χ1v) is 9.26. The zero-order chi connectivity index (χ0) is 19.1. The molecule has 0 fully saturated rings. The van der Waals surface area contributed by atoms with Gasteiger partial charge < -0.3 is 14.7 Å². The summed E-state index contributed by atoms with van der Waals surface area (Å²) in [6.45, 7) is 1.09. The van der Waals surface area contributed by atoms with Gasteiger partial charge in [-0.25, -0.2) is 0 Å². The van der Waals surface area contributed by atoms with Gasteiger partial charge in [0.15, 0.2) is 0 Å². The monoisotopic (exact) mass is 361 g/mol. The topological polar surface area (TPSA) is 32.7 Å². The molecule has 0 spiro atoms. The molecule has 1 unspecified atom stereocenters. The molecule has 0 radical (unpaired) electrons. The SMILES string of the molecule is CN(C)CC(COc1ccccc1)C(O)(c1ccccc1)c1ccccc1. The van der Waals surface area contributed by atoms with E-state index in [1.54, 1.807) is 0 Å². The smallest absolute Gasteiger partial charge is 0.122 e. The van der Waals surface area contributed by atoms with Gasteiger partial charge in [0.2, 0.25) is 0 Å². The summed E-state index contributed by atoms with van der Waals surface area (Å²) in [5.74, 6) is 0.655. The molecule has 0 heterocycles. The first kappa shape index (κ1) is 19.2. The molecule has 1 atom stereocenters. The summed E-state index contributed by atoms with van der Waals surface area (Å²) in [7, 11) is 4.04. The number of nitrogens with zero attached hydrogens (tertiary/aromatic N) is 1. The molecule has 140 valence electrons. The first-order chi connectivity index (χ1) is 13.1. The van der Waals surface area contributed by atoms with E-state index in [1.807, 2.05) is 105 Å². The molecule has 0 aromatic heterocycles. The van der Waals surface area contributed by atoms with Gasteiger partial charge in [-0.05, 0) is 37.4 Å². The lowest BCUT2D eigenvalue weighted by Crippen LogP contribution is -2.44. The van der Waals surface area contributed by atoms with Crippen LogP contribution in [0, 0.1) is 5.92 Å². The summed E-state index contributed by atoms with van der Waals surface area (Å²) in [6.07, 6.45) is 0. The van der Waals surface area contributed by atoms with Crippen molar-refractivity contribution in [2.75, 3.05) is 27.2 Å². The summed E-state index contributed by atoms with van der Waals surface area (Å²) < 4.78 is 6.07. The highest BCUT2D eigenvalue weighted by Gasteiger charge is 2.40. The zero-order valence-corrected chi connectivity index (χ0v) is 16.0. The van der Waals surface area contributed by atoms with Crippen LogP contribution in [0.5, 0.6) is 5.75 Å². The molecule has 0 saturated carbocycles. The van der Waals surface area contributed by atoms with E-state index in [0.29, 0.717) is 13.2 Å². The van der Waals surface area contributed by atoms with E-state index in [9.17, 15) is 5.11 Å². The van der Waals surface area contributed by atoms with Crippen molar-refractivity contribution in [3.05, 3.63) is 102 Å². The summed E-state index contributed by atoms with van der Waals surface area (Å²) in [5.41, 5.74) is 0.598. The third kappa shape index (κ3) is 4.57. The Bertz CT molecular complexity index is 764. The fraction of sp³-hybridized carbons (Fsp3) is 0.250. The predicted molar refractivity (Wildman–Crippen MR) is 110 cm³/mol. The number of rotatable bonds is 8. The van der Waals surface area contributed by atoms with Crippen molar-refractivity contribution in [2.24, 2.45) is 5.92 Å². The molecule has 3 rings (SSSR count). The summed E-state index contributed by atoms with van der Waals surface area (Å²) in [4.78, 5) is 2.09.